The number of likely N-dealkylation sites (tertiary alicyclic amines) is 1. The number of carbonyl (C=O) groups excluding carboxylic acids is 1. The van der Waals surface area contributed by atoms with Crippen molar-refractivity contribution < 1.29 is 9.53 Å². The maximum atomic E-state index is 12.1. The van der Waals surface area contributed by atoms with E-state index in [2.05, 4.69) is 37.9 Å². The zero-order chi connectivity index (χ0) is 16.0. The summed E-state index contributed by atoms with van der Waals surface area (Å²) in [6.07, 6.45) is 4.46. The van der Waals surface area contributed by atoms with Gasteiger partial charge < -0.3 is 9.64 Å². The van der Waals surface area contributed by atoms with E-state index in [9.17, 15) is 4.79 Å². The smallest absolute Gasteiger partial charge is 0.325 e. The molecular formula is C17H34N2O2. The second-order valence-corrected chi connectivity index (χ2v) is 7.25. The van der Waals surface area contributed by atoms with Crippen molar-refractivity contribution in [1.82, 2.24) is 10.2 Å². The van der Waals surface area contributed by atoms with Gasteiger partial charge in [0.05, 0.1) is 7.11 Å². The standard InChI is InChI=1S/C17H34N2O2/c1-13(2)18-17(5,16(20)21-6)10-7-11-19-12-14(3)8-9-15(19)4/h13-15,18H,7-12H2,1-6H3. The molecule has 1 N–H and O–H groups in total. The first-order valence-corrected chi connectivity index (χ1v) is 8.38. The van der Waals surface area contributed by atoms with E-state index in [0.717, 1.165) is 25.3 Å². The molecule has 124 valence electrons. The highest BCUT2D eigenvalue weighted by Crippen LogP contribution is 2.23. The van der Waals surface area contributed by atoms with Crippen molar-refractivity contribution in [3.05, 3.63) is 0 Å². The third kappa shape index (κ3) is 5.59. The van der Waals surface area contributed by atoms with Crippen LogP contribution in [0.25, 0.3) is 0 Å². The molecule has 0 radical (unpaired) electrons. The van der Waals surface area contributed by atoms with Crippen molar-refractivity contribution in [2.45, 2.75) is 77.9 Å². The first-order valence-electron chi connectivity index (χ1n) is 8.38. The van der Waals surface area contributed by atoms with Crippen LogP contribution < -0.4 is 5.32 Å². The summed E-state index contributed by atoms with van der Waals surface area (Å²) in [4.78, 5) is 14.6. The molecule has 4 heteroatoms. The van der Waals surface area contributed by atoms with Gasteiger partial charge in [0.1, 0.15) is 5.54 Å². The van der Waals surface area contributed by atoms with Gasteiger partial charge in [0.2, 0.25) is 0 Å². The first kappa shape index (κ1) is 18.4. The number of methoxy groups -OCH3 is 1. The fraction of sp³-hybridized carbons (Fsp3) is 0.941. The zero-order valence-corrected chi connectivity index (χ0v) is 14.7. The predicted octanol–water partition coefficient (Wildman–Crippen LogP) is 2.82. The highest BCUT2D eigenvalue weighted by atomic mass is 16.5. The molecule has 0 amide bonds. The number of carbonyl (C=O) groups is 1. The van der Waals surface area contributed by atoms with Crippen LogP contribution in [0.5, 0.6) is 0 Å². The number of hydrogen-bond acceptors (Lipinski definition) is 4. The average Bonchev–Trinajstić information content (AvgIpc) is 2.40. The van der Waals surface area contributed by atoms with Gasteiger partial charge in [0, 0.05) is 18.6 Å². The van der Waals surface area contributed by atoms with Crippen molar-refractivity contribution in [2.24, 2.45) is 5.92 Å². The molecule has 1 rings (SSSR count). The van der Waals surface area contributed by atoms with E-state index in [4.69, 9.17) is 4.74 Å². The summed E-state index contributed by atoms with van der Waals surface area (Å²) in [5.41, 5.74) is -0.576. The molecule has 1 fully saturated rings. The Kier molecular flexibility index (Phi) is 7.14. The summed E-state index contributed by atoms with van der Waals surface area (Å²) < 4.78 is 4.98. The molecule has 4 nitrogen and oxygen atoms in total. The van der Waals surface area contributed by atoms with Crippen LogP contribution in [0.3, 0.4) is 0 Å². The second kappa shape index (κ2) is 8.14. The number of nitrogens with one attached hydrogen (secondary N) is 1. The van der Waals surface area contributed by atoms with Crippen LogP contribution in [0.15, 0.2) is 0 Å². The Bertz CT molecular complexity index is 333. The van der Waals surface area contributed by atoms with Gasteiger partial charge in [0.25, 0.3) is 0 Å². The maximum Gasteiger partial charge on any atom is 0.325 e. The van der Waals surface area contributed by atoms with Gasteiger partial charge >= 0.3 is 5.97 Å². The first-order chi connectivity index (χ1) is 9.78. The van der Waals surface area contributed by atoms with Gasteiger partial charge in [-0.25, -0.2) is 0 Å². The van der Waals surface area contributed by atoms with Crippen LogP contribution >= 0.6 is 0 Å². The number of rotatable bonds is 7. The minimum absolute atomic E-state index is 0.156. The lowest BCUT2D eigenvalue weighted by atomic mass is 9.92. The van der Waals surface area contributed by atoms with Crippen molar-refractivity contribution in [2.75, 3.05) is 20.2 Å². The van der Waals surface area contributed by atoms with E-state index in [0.29, 0.717) is 6.04 Å². The molecule has 0 saturated carbocycles. The van der Waals surface area contributed by atoms with Crippen LogP contribution in [0.1, 0.15) is 60.3 Å². The summed E-state index contributed by atoms with van der Waals surface area (Å²) >= 11 is 0. The summed E-state index contributed by atoms with van der Waals surface area (Å²) in [7, 11) is 1.47. The van der Waals surface area contributed by atoms with Gasteiger partial charge in [-0.1, -0.05) is 6.92 Å². The van der Waals surface area contributed by atoms with Crippen LogP contribution in [0.4, 0.5) is 0 Å². The van der Waals surface area contributed by atoms with E-state index in [1.165, 1.54) is 26.5 Å². The van der Waals surface area contributed by atoms with Gasteiger partial charge in [0.15, 0.2) is 0 Å². The van der Waals surface area contributed by atoms with Crippen LogP contribution in [0, 0.1) is 5.92 Å². The van der Waals surface area contributed by atoms with Crippen molar-refractivity contribution in [1.29, 1.82) is 0 Å². The van der Waals surface area contributed by atoms with E-state index < -0.39 is 5.54 Å². The number of hydrogen-bond donors (Lipinski definition) is 1. The van der Waals surface area contributed by atoms with Gasteiger partial charge in [-0.15, -0.1) is 0 Å². The molecule has 1 aliphatic heterocycles. The lowest BCUT2D eigenvalue weighted by Crippen LogP contribution is -2.53. The Morgan fingerprint density at radius 2 is 2.05 bits per heavy atom. The summed E-state index contributed by atoms with van der Waals surface area (Å²) in [6, 6.07) is 0.937. The Morgan fingerprint density at radius 3 is 2.62 bits per heavy atom. The topological polar surface area (TPSA) is 41.6 Å². The minimum atomic E-state index is -0.576. The molecular weight excluding hydrogens is 264 g/mol. The molecule has 1 heterocycles. The molecule has 0 aromatic heterocycles. The van der Waals surface area contributed by atoms with E-state index >= 15 is 0 Å². The largest absolute Gasteiger partial charge is 0.468 e. The third-order valence-electron chi connectivity index (χ3n) is 4.61. The van der Waals surface area contributed by atoms with Crippen molar-refractivity contribution in [3.8, 4) is 0 Å². The third-order valence-corrected chi connectivity index (χ3v) is 4.61. The highest BCUT2D eigenvalue weighted by Gasteiger charge is 2.34. The van der Waals surface area contributed by atoms with Crippen molar-refractivity contribution in [3.63, 3.8) is 0 Å². The summed E-state index contributed by atoms with van der Waals surface area (Å²) in [5.74, 6) is 0.637. The monoisotopic (exact) mass is 298 g/mol. The van der Waals surface area contributed by atoms with E-state index in [-0.39, 0.29) is 12.0 Å². The quantitative estimate of drug-likeness (QED) is 0.734. The number of nitrogens with zero attached hydrogens (tertiary/aromatic N) is 1. The van der Waals surface area contributed by atoms with Crippen LogP contribution in [-0.2, 0) is 9.53 Å². The van der Waals surface area contributed by atoms with E-state index in [1.807, 2.05) is 6.92 Å². The molecule has 0 aromatic rings. The Labute approximate surface area is 130 Å². The molecule has 1 saturated heterocycles. The molecule has 0 bridgehead atoms. The fourth-order valence-electron chi connectivity index (χ4n) is 3.42. The SMILES string of the molecule is COC(=O)C(C)(CCCN1CC(C)CCC1C)NC(C)C. The molecule has 0 spiro atoms. The Morgan fingerprint density at radius 1 is 1.38 bits per heavy atom. The molecule has 0 aliphatic carbocycles. The lowest BCUT2D eigenvalue weighted by Gasteiger charge is -2.37. The molecule has 1 aliphatic rings. The van der Waals surface area contributed by atoms with Crippen LogP contribution in [-0.4, -0.2) is 48.7 Å². The number of piperidine rings is 1. The minimum Gasteiger partial charge on any atom is -0.468 e. The van der Waals surface area contributed by atoms with Gasteiger partial charge in [-0.3, -0.25) is 10.1 Å². The number of esters is 1. The zero-order valence-electron chi connectivity index (χ0n) is 14.7. The summed E-state index contributed by atoms with van der Waals surface area (Å²) in [6.45, 7) is 13.0. The van der Waals surface area contributed by atoms with Crippen molar-refractivity contribution >= 4 is 5.97 Å². The lowest BCUT2D eigenvalue weighted by molar-refractivity contribution is -0.148. The molecule has 3 unspecified atom stereocenters. The Balaban J connectivity index is 2.51. The Hall–Kier alpha value is -0.610. The fourth-order valence-corrected chi connectivity index (χ4v) is 3.42. The maximum absolute atomic E-state index is 12.1. The molecule has 21 heavy (non-hydrogen) atoms. The predicted molar refractivity (Wildman–Crippen MR) is 87.4 cm³/mol. The van der Waals surface area contributed by atoms with E-state index in [1.54, 1.807) is 0 Å². The normalized spacial score (nSPS) is 26.6. The van der Waals surface area contributed by atoms with Crippen LogP contribution in [0.2, 0.25) is 0 Å². The number of ether oxygens (including phenoxy) is 1. The molecule has 0 aromatic carbocycles. The second-order valence-electron chi connectivity index (χ2n) is 7.25. The average molecular weight is 298 g/mol. The summed E-state index contributed by atoms with van der Waals surface area (Å²) in [5, 5.41) is 3.37. The molecule has 3 atom stereocenters. The van der Waals surface area contributed by atoms with Gasteiger partial charge in [-0.05, 0) is 65.8 Å². The highest BCUT2D eigenvalue weighted by molar-refractivity contribution is 5.80. The van der Waals surface area contributed by atoms with Gasteiger partial charge in [-0.2, -0.15) is 0 Å².